The van der Waals surface area contributed by atoms with Crippen LogP contribution in [0.15, 0.2) is 53.3 Å². The van der Waals surface area contributed by atoms with Crippen LogP contribution in [0.1, 0.15) is 11.1 Å². The predicted molar refractivity (Wildman–Crippen MR) is 108 cm³/mol. The van der Waals surface area contributed by atoms with Crippen molar-refractivity contribution in [2.75, 3.05) is 5.43 Å². The number of nitro groups is 1. The third-order valence-corrected chi connectivity index (χ3v) is 4.62. The van der Waals surface area contributed by atoms with E-state index in [1.165, 1.54) is 34.9 Å². The summed E-state index contributed by atoms with van der Waals surface area (Å²) < 4.78 is 1.43. The number of fused-ring (bicyclic) bond motifs is 3. The fourth-order valence-electron chi connectivity index (χ4n) is 3.14. The molecule has 0 aliphatic carbocycles. The van der Waals surface area contributed by atoms with Crippen molar-refractivity contribution in [3.63, 3.8) is 0 Å². The second-order valence-corrected chi connectivity index (χ2v) is 6.31. The van der Waals surface area contributed by atoms with Crippen LogP contribution < -0.4 is 21.6 Å². The smallest absolute Gasteiger partial charge is 0.269 e. The molecule has 0 amide bonds. The minimum Gasteiger partial charge on any atom is -0.307 e. The molecule has 2 N–H and O–H groups in total. The monoisotopic (exact) mass is 386 g/mol. The molecule has 0 bridgehead atoms. The van der Waals surface area contributed by atoms with E-state index in [9.17, 15) is 20.2 Å². The van der Waals surface area contributed by atoms with Gasteiger partial charge in [0, 0.05) is 18.3 Å². The molecule has 9 nitrogen and oxygen atoms in total. The third-order valence-electron chi connectivity index (χ3n) is 4.62. The Morgan fingerprint density at radius 3 is 2.62 bits per heavy atom. The first-order valence-corrected chi connectivity index (χ1v) is 8.61. The zero-order chi connectivity index (χ0) is 20.5. The lowest BCUT2D eigenvalue weighted by Gasteiger charge is -2.06. The molecule has 142 valence electrons. The Morgan fingerprint density at radius 2 is 1.93 bits per heavy atom. The van der Waals surface area contributed by atoms with Crippen LogP contribution in [0.25, 0.3) is 22.9 Å². The van der Waals surface area contributed by atoms with Crippen molar-refractivity contribution < 1.29 is 4.92 Å². The highest BCUT2D eigenvalue weighted by molar-refractivity contribution is 5.82. The van der Waals surface area contributed by atoms with Gasteiger partial charge in [-0.3, -0.25) is 19.3 Å². The molecular formula is C20H14N6O3. The first-order valence-electron chi connectivity index (χ1n) is 8.61. The van der Waals surface area contributed by atoms with Crippen molar-refractivity contribution in [1.29, 1.82) is 5.26 Å². The van der Waals surface area contributed by atoms with Gasteiger partial charge in [-0.2, -0.15) is 5.26 Å². The Hall–Kier alpha value is -4.45. The van der Waals surface area contributed by atoms with Crippen LogP contribution in [0, 0.1) is 28.4 Å². The normalized spacial score (nSPS) is 11.5. The van der Waals surface area contributed by atoms with Crippen LogP contribution in [0.3, 0.4) is 0 Å². The highest BCUT2D eigenvalue weighted by atomic mass is 16.6. The Labute approximate surface area is 163 Å². The Bertz CT molecular complexity index is 1420. The zero-order valence-electron chi connectivity index (χ0n) is 15.2. The molecule has 9 heteroatoms. The molecule has 2 aromatic heterocycles. The number of rotatable bonds is 4. The fourth-order valence-corrected chi connectivity index (χ4v) is 3.14. The number of imidazole rings is 1. The van der Waals surface area contributed by atoms with Crippen molar-refractivity contribution in [2.24, 2.45) is 0 Å². The van der Waals surface area contributed by atoms with Gasteiger partial charge >= 0.3 is 0 Å². The zero-order valence-corrected chi connectivity index (χ0v) is 15.2. The predicted octanol–water partition coefficient (Wildman–Crippen LogP) is 2.01. The summed E-state index contributed by atoms with van der Waals surface area (Å²) in [5.74, 6) is 0. The molecule has 2 heterocycles. The molecule has 0 fully saturated rings. The summed E-state index contributed by atoms with van der Waals surface area (Å²) in [7, 11) is 0. The van der Waals surface area contributed by atoms with E-state index in [-0.39, 0.29) is 11.2 Å². The molecule has 0 aliphatic heterocycles. The summed E-state index contributed by atoms with van der Waals surface area (Å²) in [6.07, 6.45) is 1.47. The molecule has 29 heavy (non-hydrogen) atoms. The van der Waals surface area contributed by atoms with E-state index in [0.29, 0.717) is 38.7 Å². The number of hydrogen-bond acceptors (Lipinski definition) is 7. The standard InChI is InChI=1S/C20H14N6O3/c1-12-15(10-21)19-23-17-4-2-3-5-18(17)25(19)20(27)16(12)11-22-24-13-6-8-14(9-7-13)26(28)29/h2-9,11,22,24H,1H3/b16-11+. The number of nitrogens with one attached hydrogen (secondary N) is 2. The van der Waals surface area contributed by atoms with Crippen LogP contribution in [0.5, 0.6) is 0 Å². The molecule has 2 aromatic carbocycles. The van der Waals surface area contributed by atoms with E-state index in [0.717, 1.165) is 0 Å². The molecular weight excluding hydrogens is 372 g/mol. The van der Waals surface area contributed by atoms with Crippen LogP contribution >= 0.6 is 0 Å². The van der Waals surface area contributed by atoms with Gasteiger partial charge in [-0.05, 0) is 36.8 Å². The highest BCUT2D eigenvalue weighted by Gasteiger charge is 2.15. The fraction of sp³-hybridized carbons (Fsp3) is 0.0500. The maximum atomic E-state index is 13.1. The lowest BCUT2D eigenvalue weighted by atomic mass is 10.1. The van der Waals surface area contributed by atoms with E-state index in [4.69, 9.17) is 0 Å². The summed E-state index contributed by atoms with van der Waals surface area (Å²) in [4.78, 5) is 27.8. The van der Waals surface area contributed by atoms with Gasteiger partial charge in [0.15, 0.2) is 5.65 Å². The van der Waals surface area contributed by atoms with Crippen LogP contribution in [0.2, 0.25) is 0 Å². The number of anilines is 1. The number of nitriles is 1. The summed E-state index contributed by atoms with van der Waals surface area (Å²) in [5.41, 5.74) is 8.35. The maximum Gasteiger partial charge on any atom is 0.269 e. The molecule has 0 saturated heterocycles. The first-order chi connectivity index (χ1) is 14.0. The van der Waals surface area contributed by atoms with Crippen LogP contribution in [-0.4, -0.2) is 14.3 Å². The van der Waals surface area contributed by atoms with Gasteiger partial charge in [0.05, 0.1) is 32.4 Å². The van der Waals surface area contributed by atoms with Crippen molar-refractivity contribution in [3.05, 3.63) is 85.3 Å². The van der Waals surface area contributed by atoms with Crippen molar-refractivity contribution in [1.82, 2.24) is 14.8 Å². The minimum absolute atomic E-state index is 0.0201. The van der Waals surface area contributed by atoms with E-state index < -0.39 is 4.92 Å². The number of hydrogen-bond donors (Lipinski definition) is 2. The van der Waals surface area contributed by atoms with Gasteiger partial charge < -0.3 is 10.9 Å². The average molecular weight is 386 g/mol. The van der Waals surface area contributed by atoms with Gasteiger partial charge in [-0.1, -0.05) is 12.1 Å². The Morgan fingerprint density at radius 1 is 1.21 bits per heavy atom. The number of nitrogens with zero attached hydrogens (tertiary/aromatic N) is 4. The molecule has 0 aliphatic rings. The SMILES string of the molecule is Cc1c(C#N)c2nc3ccccc3n2c(=O)/c1=C/NNc1ccc([N+](=O)[O-])cc1. The lowest BCUT2D eigenvalue weighted by Crippen LogP contribution is -2.36. The van der Waals surface area contributed by atoms with E-state index >= 15 is 0 Å². The third kappa shape index (κ3) is 2.98. The quantitative estimate of drug-likeness (QED) is 0.406. The average Bonchev–Trinajstić information content (AvgIpc) is 3.10. The van der Waals surface area contributed by atoms with Crippen LogP contribution in [0.4, 0.5) is 11.4 Å². The van der Waals surface area contributed by atoms with Gasteiger partial charge in [-0.15, -0.1) is 0 Å². The number of nitro benzene ring substituents is 1. The van der Waals surface area contributed by atoms with Crippen LogP contribution in [-0.2, 0) is 0 Å². The molecule has 0 saturated carbocycles. The molecule has 0 spiro atoms. The van der Waals surface area contributed by atoms with Gasteiger partial charge in [-0.25, -0.2) is 4.98 Å². The van der Waals surface area contributed by atoms with Gasteiger partial charge in [0.2, 0.25) is 0 Å². The molecule has 0 unspecified atom stereocenters. The number of aromatic nitrogens is 2. The number of para-hydroxylation sites is 2. The number of benzene rings is 2. The topological polar surface area (TPSA) is 125 Å². The first kappa shape index (κ1) is 17.9. The van der Waals surface area contributed by atoms with E-state index in [2.05, 4.69) is 21.9 Å². The molecule has 0 radical (unpaired) electrons. The second-order valence-electron chi connectivity index (χ2n) is 6.31. The molecule has 4 aromatic rings. The second kappa shape index (κ2) is 6.94. The van der Waals surface area contributed by atoms with Crippen molar-refractivity contribution >= 4 is 34.3 Å². The van der Waals surface area contributed by atoms with Gasteiger partial charge in [0.1, 0.15) is 6.07 Å². The minimum atomic E-state index is -0.482. The largest absolute Gasteiger partial charge is 0.307 e. The van der Waals surface area contributed by atoms with Gasteiger partial charge in [0.25, 0.3) is 11.2 Å². The molecule has 4 rings (SSSR count). The van der Waals surface area contributed by atoms with Crippen molar-refractivity contribution in [2.45, 2.75) is 6.92 Å². The summed E-state index contributed by atoms with van der Waals surface area (Å²) in [6, 6.07) is 15.1. The number of hydrazine groups is 1. The van der Waals surface area contributed by atoms with Crippen molar-refractivity contribution in [3.8, 4) is 6.07 Å². The Balaban J connectivity index is 1.79. The lowest BCUT2D eigenvalue weighted by molar-refractivity contribution is -0.384. The number of non-ortho nitro benzene ring substituents is 1. The number of pyridine rings is 1. The summed E-state index contributed by atoms with van der Waals surface area (Å²) in [5, 5.41) is 20.7. The van der Waals surface area contributed by atoms with E-state index in [1.54, 1.807) is 25.1 Å². The highest BCUT2D eigenvalue weighted by Crippen LogP contribution is 2.17. The maximum absolute atomic E-state index is 13.1. The summed E-state index contributed by atoms with van der Waals surface area (Å²) in [6.45, 7) is 1.69. The Kier molecular flexibility index (Phi) is 4.29. The van der Waals surface area contributed by atoms with E-state index in [1.807, 2.05) is 6.07 Å². The summed E-state index contributed by atoms with van der Waals surface area (Å²) >= 11 is 0. The molecule has 0 atom stereocenters.